The minimum atomic E-state index is -1.06. The van der Waals surface area contributed by atoms with Crippen molar-refractivity contribution in [3.05, 3.63) is 34.6 Å². The normalized spacial score (nSPS) is 25.0. The first-order chi connectivity index (χ1) is 10.6. The number of hydrogen-bond acceptors (Lipinski definition) is 5. The van der Waals surface area contributed by atoms with Crippen molar-refractivity contribution in [2.75, 3.05) is 0 Å². The van der Waals surface area contributed by atoms with Gasteiger partial charge in [-0.05, 0) is 31.4 Å². The van der Waals surface area contributed by atoms with Crippen LogP contribution in [0.5, 0.6) is 0 Å². The van der Waals surface area contributed by atoms with Crippen LogP contribution in [0, 0.1) is 5.92 Å². The molecule has 2 aliphatic carbocycles. The molecular weight excluding hydrogens is 324 g/mol. The Labute approximate surface area is 134 Å². The van der Waals surface area contributed by atoms with Crippen LogP contribution in [-0.4, -0.2) is 35.9 Å². The largest absolute Gasteiger partial charge is 0.294 e. The lowest BCUT2D eigenvalue weighted by atomic mass is 10.1. The molecule has 2 aliphatic rings. The van der Waals surface area contributed by atoms with Crippen LogP contribution in [0.1, 0.15) is 41.4 Å². The van der Waals surface area contributed by atoms with Crippen LogP contribution in [0.4, 0.5) is 0 Å². The molecule has 1 aromatic carbocycles. The summed E-state index contributed by atoms with van der Waals surface area (Å²) in [6, 6.07) is 5.07. The third kappa shape index (κ3) is 2.48. The molecule has 3 atom stereocenters. The molecule has 0 amide bonds. The fourth-order valence-corrected chi connectivity index (χ4v) is 4.38. The molecule has 1 heterocycles. The van der Waals surface area contributed by atoms with E-state index in [9.17, 15) is 9.00 Å². The molecule has 1 N–H and O–H groups in total. The average molecular weight is 337 g/mol. The molecule has 0 spiro atoms. The summed E-state index contributed by atoms with van der Waals surface area (Å²) in [6.07, 6.45) is 2.70. The van der Waals surface area contributed by atoms with E-state index in [1.807, 2.05) is 0 Å². The molecule has 22 heavy (non-hydrogen) atoms. The summed E-state index contributed by atoms with van der Waals surface area (Å²) in [4.78, 5) is 13.1. The Morgan fingerprint density at radius 3 is 2.82 bits per heavy atom. The monoisotopic (exact) mass is 336 g/mol. The Morgan fingerprint density at radius 2 is 2.18 bits per heavy atom. The number of aromatic amines is 1. The molecule has 8 heteroatoms. The van der Waals surface area contributed by atoms with E-state index in [0.29, 0.717) is 21.3 Å². The number of tetrazole rings is 1. The molecule has 1 aromatic heterocycles. The fraction of sp³-hybridized carbons (Fsp3) is 0.429. The summed E-state index contributed by atoms with van der Waals surface area (Å²) >= 11 is 6.22. The predicted molar refractivity (Wildman–Crippen MR) is 80.2 cm³/mol. The molecule has 0 bridgehead atoms. The highest BCUT2D eigenvalue weighted by Crippen LogP contribution is 2.47. The maximum absolute atomic E-state index is 12.5. The van der Waals surface area contributed by atoms with Crippen molar-refractivity contribution in [1.82, 2.24) is 20.6 Å². The first kappa shape index (κ1) is 14.0. The van der Waals surface area contributed by atoms with Crippen molar-refractivity contribution in [3.63, 3.8) is 0 Å². The summed E-state index contributed by atoms with van der Waals surface area (Å²) in [5.74, 6) is 0.523. The fourth-order valence-electron chi connectivity index (χ4n) is 2.59. The highest BCUT2D eigenvalue weighted by Gasteiger charge is 2.46. The zero-order chi connectivity index (χ0) is 15.3. The number of Topliss-reactive ketones (excluding diaryl/α,β-unsaturated/α-hetero) is 1. The smallest absolute Gasteiger partial charge is 0.178 e. The summed E-state index contributed by atoms with van der Waals surface area (Å²) < 4.78 is 12.2. The molecule has 0 saturated heterocycles. The number of nitrogens with zero attached hydrogens (tertiary/aromatic N) is 3. The van der Waals surface area contributed by atoms with Gasteiger partial charge in [-0.2, -0.15) is 5.21 Å². The van der Waals surface area contributed by atoms with E-state index < -0.39 is 10.8 Å². The van der Waals surface area contributed by atoms with E-state index in [1.54, 1.807) is 18.2 Å². The maximum atomic E-state index is 12.5. The van der Waals surface area contributed by atoms with Gasteiger partial charge in [0.15, 0.2) is 11.6 Å². The van der Waals surface area contributed by atoms with Crippen LogP contribution in [0.25, 0.3) is 0 Å². The number of halogens is 1. The second-order valence-corrected chi connectivity index (χ2v) is 7.83. The van der Waals surface area contributed by atoms with Crippen molar-refractivity contribution < 1.29 is 9.00 Å². The van der Waals surface area contributed by atoms with Crippen LogP contribution in [0.15, 0.2) is 23.1 Å². The molecular formula is C14H13ClN4O2S. The lowest BCUT2D eigenvalue weighted by molar-refractivity contribution is 0.0964. The Balaban J connectivity index is 1.52. The van der Waals surface area contributed by atoms with Crippen molar-refractivity contribution in [2.24, 2.45) is 5.92 Å². The third-order valence-electron chi connectivity index (χ3n) is 4.08. The summed E-state index contributed by atoms with van der Waals surface area (Å²) in [7, 11) is -1.06. The number of benzene rings is 1. The number of nitrogens with one attached hydrogen (secondary N) is 1. The van der Waals surface area contributed by atoms with Gasteiger partial charge in [0.2, 0.25) is 0 Å². The van der Waals surface area contributed by atoms with Gasteiger partial charge in [0, 0.05) is 22.6 Å². The zero-order valence-corrected chi connectivity index (χ0v) is 13.1. The SMILES string of the molecule is O=C(c1ccc(S(=O)C2CC2)c(Cl)c1)C1CC1c1nn[nH]n1. The molecule has 0 radical (unpaired) electrons. The minimum absolute atomic E-state index is 0.0282. The van der Waals surface area contributed by atoms with Gasteiger partial charge in [0.05, 0.1) is 20.7 Å². The molecule has 2 saturated carbocycles. The quantitative estimate of drug-likeness (QED) is 0.845. The summed E-state index contributed by atoms with van der Waals surface area (Å²) in [5.41, 5.74) is 0.553. The number of rotatable bonds is 5. The number of hydrogen-bond donors (Lipinski definition) is 1. The number of carbonyl (C=O) groups excluding carboxylic acids is 1. The standard InChI is InChI=1S/C14H13ClN4O2S/c15-11-5-7(1-4-12(11)22(21)8-2-3-8)13(20)9-6-10(9)14-16-18-19-17-14/h1,4-5,8-10H,2-3,6H2,(H,16,17,18,19). The third-order valence-corrected chi connectivity index (χ3v) is 6.37. The molecule has 2 aromatic rings. The first-order valence-corrected chi connectivity index (χ1v) is 8.72. The molecule has 114 valence electrons. The highest BCUT2D eigenvalue weighted by atomic mass is 35.5. The Bertz CT molecular complexity index is 760. The lowest BCUT2D eigenvalue weighted by Crippen LogP contribution is -2.05. The Morgan fingerprint density at radius 1 is 1.36 bits per heavy atom. The van der Waals surface area contributed by atoms with Gasteiger partial charge < -0.3 is 0 Å². The molecule has 4 rings (SSSR count). The van der Waals surface area contributed by atoms with Gasteiger partial charge >= 0.3 is 0 Å². The zero-order valence-electron chi connectivity index (χ0n) is 11.5. The Hall–Kier alpha value is -1.60. The van der Waals surface area contributed by atoms with Gasteiger partial charge in [-0.15, -0.1) is 10.2 Å². The Kier molecular flexibility index (Phi) is 3.34. The van der Waals surface area contributed by atoms with E-state index in [0.717, 1.165) is 19.3 Å². The van der Waals surface area contributed by atoms with Crippen molar-refractivity contribution in [2.45, 2.75) is 35.3 Å². The number of ketones is 1. The van der Waals surface area contributed by atoms with Gasteiger partial charge in [-0.25, -0.2) is 0 Å². The summed E-state index contributed by atoms with van der Waals surface area (Å²) in [5, 5.41) is 14.4. The maximum Gasteiger partial charge on any atom is 0.178 e. The van der Waals surface area contributed by atoms with E-state index >= 15 is 0 Å². The van der Waals surface area contributed by atoms with E-state index in [2.05, 4.69) is 20.6 Å². The van der Waals surface area contributed by atoms with Crippen molar-refractivity contribution in [1.29, 1.82) is 0 Å². The van der Waals surface area contributed by atoms with Crippen LogP contribution in [0.3, 0.4) is 0 Å². The van der Waals surface area contributed by atoms with Gasteiger partial charge in [-0.3, -0.25) is 9.00 Å². The van der Waals surface area contributed by atoms with Crippen LogP contribution in [0.2, 0.25) is 5.02 Å². The second-order valence-electron chi connectivity index (χ2n) is 5.72. The van der Waals surface area contributed by atoms with Crippen LogP contribution >= 0.6 is 11.6 Å². The van der Waals surface area contributed by atoms with Gasteiger partial charge in [-0.1, -0.05) is 22.9 Å². The predicted octanol–water partition coefficient (Wildman–Crippen LogP) is 2.11. The van der Waals surface area contributed by atoms with Crippen molar-refractivity contribution >= 4 is 28.2 Å². The number of carbonyl (C=O) groups is 1. The molecule has 6 nitrogen and oxygen atoms in total. The van der Waals surface area contributed by atoms with Gasteiger partial charge in [0.25, 0.3) is 0 Å². The molecule has 2 fully saturated rings. The summed E-state index contributed by atoms with van der Waals surface area (Å²) in [6.45, 7) is 0. The number of aromatic nitrogens is 4. The minimum Gasteiger partial charge on any atom is -0.294 e. The van der Waals surface area contributed by atoms with Crippen LogP contribution < -0.4 is 0 Å². The van der Waals surface area contributed by atoms with Crippen LogP contribution in [-0.2, 0) is 10.8 Å². The van der Waals surface area contributed by atoms with Gasteiger partial charge in [0.1, 0.15) is 0 Å². The van der Waals surface area contributed by atoms with E-state index in [1.165, 1.54) is 0 Å². The topological polar surface area (TPSA) is 88.6 Å². The molecule has 3 unspecified atom stereocenters. The van der Waals surface area contributed by atoms with Crippen molar-refractivity contribution in [3.8, 4) is 0 Å². The van der Waals surface area contributed by atoms with E-state index in [-0.39, 0.29) is 22.9 Å². The highest BCUT2D eigenvalue weighted by molar-refractivity contribution is 7.86. The molecule has 0 aliphatic heterocycles. The number of H-pyrrole nitrogens is 1. The lowest BCUT2D eigenvalue weighted by Gasteiger charge is -2.06. The second kappa shape index (κ2) is 5.24. The van der Waals surface area contributed by atoms with E-state index in [4.69, 9.17) is 11.6 Å². The average Bonchev–Trinajstić information content (AvgIpc) is 3.45. The first-order valence-electron chi connectivity index (χ1n) is 7.13.